The molecule has 8 heteroatoms. The predicted molar refractivity (Wildman–Crippen MR) is 110 cm³/mol. The van der Waals surface area contributed by atoms with Crippen LogP contribution in [0.1, 0.15) is 39.2 Å². The van der Waals surface area contributed by atoms with Gasteiger partial charge in [-0.3, -0.25) is 9.45 Å². The number of pyridine rings is 1. The maximum Gasteiger partial charge on any atom is 0.294 e. The van der Waals surface area contributed by atoms with Crippen LogP contribution >= 0.6 is 0 Å². The minimum Gasteiger partial charge on any atom is -0.490 e. The van der Waals surface area contributed by atoms with Crippen molar-refractivity contribution in [3.63, 3.8) is 0 Å². The molecule has 160 valence electrons. The van der Waals surface area contributed by atoms with E-state index < -0.39 is 16.1 Å². The third kappa shape index (κ3) is 6.76. The second-order valence-electron chi connectivity index (χ2n) is 7.72. The van der Waals surface area contributed by atoms with Gasteiger partial charge >= 0.3 is 0 Å². The molecule has 1 aliphatic rings. The molecular weight excluding hydrogens is 395 g/mol. The molecule has 1 fully saturated rings. The fourth-order valence-electron chi connectivity index (χ4n) is 2.96. The number of ether oxygens (including phenoxy) is 1. The Labute approximate surface area is 172 Å². The number of benzene rings is 1. The van der Waals surface area contributed by atoms with E-state index in [-0.39, 0.29) is 10.4 Å². The van der Waals surface area contributed by atoms with E-state index in [2.05, 4.69) is 30.7 Å². The van der Waals surface area contributed by atoms with Gasteiger partial charge in [-0.05, 0) is 57.9 Å². The molecule has 29 heavy (non-hydrogen) atoms. The van der Waals surface area contributed by atoms with Crippen LogP contribution in [-0.2, 0) is 10.1 Å². The van der Waals surface area contributed by atoms with Gasteiger partial charge in [-0.15, -0.1) is 0 Å². The van der Waals surface area contributed by atoms with Crippen molar-refractivity contribution in [3.8, 4) is 5.75 Å². The molecule has 1 saturated heterocycles. The van der Waals surface area contributed by atoms with Gasteiger partial charge in [-0.1, -0.05) is 24.6 Å². The lowest BCUT2D eigenvalue weighted by Crippen LogP contribution is -2.60. The van der Waals surface area contributed by atoms with Crippen LogP contribution in [0.25, 0.3) is 0 Å². The van der Waals surface area contributed by atoms with Gasteiger partial charge in [0, 0.05) is 18.1 Å². The maximum absolute atomic E-state index is 12.7. The van der Waals surface area contributed by atoms with E-state index in [9.17, 15) is 12.8 Å². The first-order valence-corrected chi connectivity index (χ1v) is 11.0. The van der Waals surface area contributed by atoms with Crippen molar-refractivity contribution in [3.05, 3.63) is 54.1 Å². The molecule has 2 heterocycles. The molecular formula is C21H29FN2O4S. The Hall–Kier alpha value is -2.03. The average molecular weight is 425 g/mol. The van der Waals surface area contributed by atoms with E-state index in [1.54, 1.807) is 18.2 Å². The quantitative estimate of drug-likeness (QED) is 0.555. The molecule has 0 aliphatic carbocycles. The van der Waals surface area contributed by atoms with Gasteiger partial charge < -0.3 is 4.74 Å². The Morgan fingerprint density at radius 3 is 2.34 bits per heavy atom. The van der Waals surface area contributed by atoms with E-state index in [1.165, 1.54) is 24.4 Å². The monoisotopic (exact) mass is 424 g/mol. The van der Waals surface area contributed by atoms with E-state index in [0.29, 0.717) is 18.4 Å². The Morgan fingerprint density at radius 2 is 1.90 bits per heavy atom. The van der Waals surface area contributed by atoms with Crippen molar-refractivity contribution >= 4 is 10.1 Å². The van der Waals surface area contributed by atoms with Crippen molar-refractivity contribution in [2.75, 3.05) is 13.2 Å². The van der Waals surface area contributed by atoms with Crippen LogP contribution in [0.4, 0.5) is 4.39 Å². The van der Waals surface area contributed by atoms with Gasteiger partial charge in [-0.2, -0.15) is 12.8 Å². The summed E-state index contributed by atoms with van der Waals surface area (Å²) in [4.78, 5) is 5.99. The van der Waals surface area contributed by atoms with Crippen LogP contribution in [0, 0.1) is 12.9 Å². The standard InChI is InChI=1S/C14H21FN2O.C7H8O3S/c1-4-14(2,3)17-8-7-11(17)10-18-12-5-6-13(15)16-9-12;1-6-2-4-7(5-3-6)11(8,9)10/h5-6,9,11H,4,7-8,10H2,1-3H3;2-5H,1H3,(H,8,9,10)/t11-;/m0./s1. The third-order valence-corrected chi connectivity index (χ3v) is 6.12. The molecule has 0 radical (unpaired) electrons. The van der Waals surface area contributed by atoms with Crippen LogP contribution < -0.4 is 4.74 Å². The molecule has 0 amide bonds. The van der Waals surface area contributed by atoms with Crippen molar-refractivity contribution in [1.82, 2.24) is 9.88 Å². The normalized spacial score (nSPS) is 17.1. The number of aromatic nitrogens is 1. The Bertz CT molecular complexity index is 884. The van der Waals surface area contributed by atoms with E-state index in [4.69, 9.17) is 9.29 Å². The second kappa shape index (κ2) is 9.65. The van der Waals surface area contributed by atoms with Crippen molar-refractivity contribution in [2.24, 2.45) is 0 Å². The van der Waals surface area contributed by atoms with E-state index >= 15 is 0 Å². The van der Waals surface area contributed by atoms with Crippen LogP contribution in [0.3, 0.4) is 0 Å². The van der Waals surface area contributed by atoms with Crippen LogP contribution in [0.15, 0.2) is 47.5 Å². The summed E-state index contributed by atoms with van der Waals surface area (Å²) in [5.41, 5.74) is 1.19. The van der Waals surface area contributed by atoms with Crippen LogP contribution in [0.2, 0.25) is 0 Å². The number of halogens is 1. The van der Waals surface area contributed by atoms with E-state index in [1.807, 2.05) is 6.92 Å². The van der Waals surface area contributed by atoms with Gasteiger partial charge in [-0.25, -0.2) is 4.98 Å². The molecule has 0 spiro atoms. The fourth-order valence-corrected chi connectivity index (χ4v) is 3.44. The number of hydrogen-bond donors (Lipinski definition) is 1. The predicted octanol–water partition coefficient (Wildman–Crippen LogP) is 4.10. The molecule has 1 aromatic heterocycles. The zero-order valence-corrected chi connectivity index (χ0v) is 18.1. The summed E-state index contributed by atoms with van der Waals surface area (Å²) in [6, 6.07) is 9.40. The topological polar surface area (TPSA) is 79.7 Å². The summed E-state index contributed by atoms with van der Waals surface area (Å²) in [5.74, 6) is 0.164. The molecule has 1 atom stereocenters. The van der Waals surface area contributed by atoms with Gasteiger partial charge in [0.25, 0.3) is 10.1 Å². The van der Waals surface area contributed by atoms with E-state index in [0.717, 1.165) is 24.9 Å². The summed E-state index contributed by atoms with van der Waals surface area (Å²) in [5, 5.41) is 0. The molecule has 1 aliphatic heterocycles. The number of aryl methyl sites for hydroxylation is 1. The first-order chi connectivity index (χ1) is 13.5. The number of likely N-dealkylation sites (tertiary alicyclic amines) is 1. The van der Waals surface area contributed by atoms with Crippen molar-refractivity contribution in [2.45, 2.75) is 57.0 Å². The lowest BCUT2D eigenvalue weighted by molar-refractivity contribution is -0.0312. The van der Waals surface area contributed by atoms with Crippen molar-refractivity contribution in [1.29, 1.82) is 0 Å². The zero-order chi connectivity index (χ0) is 21.7. The first-order valence-electron chi connectivity index (χ1n) is 9.58. The largest absolute Gasteiger partial charge is 0.490 e. The highest BCUT2D eigenvalue weighted by molar-refractivity contribution is 7.85. The van der Waals surface area contributed by atoms with Crippen LogP contribution in [0.5, 0.6) is 5.75 Å². The molecule has 0 unspecified atom stereocenters. The number of nitrogens with zero attached hydrogens (tertiary/aromatic N) is 2. The summed E-state index contributed by atoms with van der Waals surface area (Å²) < 4.78 is 47.9. The highest BCUT2D eigenvalue weighted by Gasteiger charge is 2.38. The van der Waals surface area contributed by atoms with Crippen LogP contribution in [-0.4, -0.2) is 47.6 Å². The highest BCUT2D eigenvalue weighted by Crippen LogP contribution is 2.30. The lowest BCUT2D eigenvalue weighted by Gasteiger charge is -2.50. The van der Waals surface area contributed by atoms with Gasteiger partial charge in [0.15, 0.2) is 0 Å². The number of rotatable bonds is 6. The highest BCUT2D eigenvalue weighted by atomic mass is 32.2. The number of hydrogen-bond acceptors (Lipinski definition) is 5. The summed E-state index contributed by atoms with van der Waals surface area (Å²) >= 11 is 0. The van der Waals surface area contributed by atoms with Gasteiger partial charge in [0.2, 0.25) is 5.95 Å². The SMILES string of the molecule is CCC(C)(C)N1CC[C@H]1COc1ccc(F)nc1.Cc1ccc(S(=O)(=O)O)cc1. The molecule has 0 saturated carbocycles. The molecule has 1 N–H and O–H groups in total. The summed E-state index contributed by atoms with van der Waals surface area (Å²) in [6.45, 7) is 10.4. The molecule has 3 rings (SSSR count). The molecule has 1 aromatic carbocycles. The minimum absolute atomic E-state index is 0.0666. The molecule has 0 bridgehead atoms. The third-order valence-electron chi connectivity index (χ3n) is 5.25. The summed E-state index contributed by atoms with van der Waals surface area (Å²) in [7, 11) is -4.02. The fraction of sp³-hybridized carbons (Fsp3) is 0.476. The van der Waals surface area contributed by atoms with Crippen molar-refractivity contribution < 1.29 is 22.1 Å². The first kappa shape index (κ1) is 23.3. The Morgan fingerprint density at radius 1 is 1.24 bits per heavy atom. The lowest BCUT2D eigenvalue weighted by atomic mass is 9.90. The maximum atomic E-state index is 12.7. The zero-order valence-electron chi connectivity index (χ0n) is 17.3. The Balaban J connectivity index is 0.000000234. The Kier molecular flexibility index (Phi) is 7.73. The molecule has 6 nitrogen and oxygen atoms in total. The molecule has 2 aromatic rings. The minimum atomic E-state index is -4.02. The average Bonchev–Trinajstić information content (AvgIpc) is 2.62. The smallest absolute Gasteiger partial charge is 0.294 e. The second-order valence-corrected chi connectivity index (χ2v) is 9.14. The summed E-state index contributed by atoms with van der Waals surface area (Å²) in [6.07, 6.45) is 3.73. The van der Waals surface area contributed by atoms with Gasteiger partial charge in [0.1, 0.15) is 12.4 Å². The van der Waals surface area contributed by atoms with Gasteiger partial charge in [0.05, 0.1) is 11.1 Å².